The van der Waals surface area contributed by atoms with Crippen LogP contribution in [0.15, 0.2) is 165 Å². The monoisotopic (exact) mass is 1020 g/mol. The van der Waals surface area contributed by atoms with Crippen LogP contribution in [0.25, 0.3) is 27.5 Å². The molecule has 0 spiro atoms. The molecule has 8 aromatic rings. The molecule has 0 unspecified atom stereocenters. The van der Waals surface area contributed by atoms with E-state index in [1.807, 2.05) is 0 Å². The Morgan fingerprint density at radius 3 is 1.86 bits per heavy atom. The number of phenolic OH excluding ortho intramolecular Hbond substituents is 2. The quantitative estimate of drug-likeness (QED) is 0.0162. The summed E-state index contributed by atoms with van der Waals surface area (Å²) in [4.78, 5) is 12.8. The van der Waals surface area contributed by atoms with Gasteiger partial charge in [0.05, 0.1) is 68.7 Å². The average Bonchev–Trinajstić information content (AvgIpc) is 3.77. The third kappa shape index (κ3) is 11.6. The molecule has 0 bridgehead atoms. The predicted molar refractivity (Wildman–Crippen MR) is 254 cm³/mol. The highest BCUT2D eigenvalue weighted by atomic mass is 32.2. The van der Waals surface area contributed by atoms with Gasteiger partial charge in [-0.1, -0.05) is 10.1 Å². The minimum atomic E-state index is -4.88. The third-order valence-corrected chi connectivity index (χ3v) is 12.2. The fourth-order valence-electron chi connectivity index (χ4n) is 6.68. The second-order valence-corrected chi connectivity index (χ2v) is 17.8. The molecule has 0 radical (unpaired) electrons. The van der Waals surface area contributed by atoms with Crippen LogP contribution in [0, 0.1) is 20.8 Å². The summed E-state index contributed by atoms with van der Waals surface area (Å²) >= 11 is 1.15. The minimum Gasteiger partial charge on any atom is -0.508 e. The molecule has 6 N–H and O–H groups in total. The molecule has 0 saturated carbocycles. The molecular weight excluding hydrogens is 987 g/mol. The van der Waals surface area contributed by atoms with E-state index in [1.54, 1.807) is 87.5 Å². The number of carbonyl (C=O) groups is 1. The van der Waals surface area contributed by atoms with Crippen molar-refractivity contribution in [3.8, 4) is 17.2 Å². The minimum absolute atomic E-state index is 0.0282. The highest BCUT2D eigenvalue weighted by molar-refractivity contribution is 7.95. The van der Waals surface area contributed by atoms with Crippen LogP contribution >= 0.6 is 24.1 Å². The summed E-state index contributed by atoms with van der Waals surface area (Å²) < 4.78 is 44.2. The van der Waals surface area contributed by atoms with Gasteiger partial charge in [0.15, 0.2) is 5.75 Å². The Bertz CT molecular complexity index is 3610. The smallest absolute Gasteiger partial charge is 0.337 e. The first kappa shape index (κ1) is 49.5. The summed E-state index contributed by atoms with van der Waals surface area (Å²) in [6.45, 7) is 5.31. The SMILES string of the molecule is Cc1cc(N=Nc2c(SOOO)cc3cc(N=Nc4ccc(O)cc4)ccc3c2O)c(C)cc1N=Nc1ccc(N=Nc2cc3nn(-c4cc(SOOO)ccc4C(=O)O)nc3cc2S(=O)(=O)O)c(C)c1. The Kier molecular flexibility index (Phi) is 14.9. The fraction of sp³-hybridized carbons (Fsp3) is 0.0682. The van der Waals surface area contributed by atoms with Gasteiger partial charge in [-0.2, -0.15) is 39.1 Å². The second kappa shape index (κ2) is 21.4. The van der Waals surface area contributed by atoms with Crippen LogP contribution in [0.4, 0.5) is 45.5 Å². The topological polar surface area (TPSA) is 339 Å². The van der Waals surface area contributed by atoms with Crippen molar-refractivity contribution in [2.24, 2.45) is 40.9 Å². The Hall–Kier alpha value is -7.96. The van der Waals surface area contributed by atoms with Crippen molar-refractivity contribution in [1.82, 2.24) is 15.0 Å². The number of nitrogens with zero attached hydrogens (tertiary/aromatic N) is 11. The van der Waals surface area contributed by atoms with Crippen LogP contribution in [0.2, 0.25) is 0 Å². The number of aromatic hydroxyl groups is 2. The van der Waals surface area contributed by atoms with Gasteiger partial charge in [-0.05, 0) is 152 Å². The summed E-state index contributed by atoms with van der Waals surface area (Å²) in [6, 6.07) is 27.3. The molecule has 0 fully saturated rings. The molecule has 27 heteroatoms. The number of azo groups is 4. The summed E-state index contributed by atoms with van der Waals surface area (Å²) in [6.07, 6.45) is 0. The van der Waals surface area contributed by atoms with Crippen LogP contribution in [-0.4, -0.2) is 59.8 Å². The standard InChI is InChI=1S/C44H33N11O13S3/c1-22-14-27(7-13-33(22)48-51-38-20-36-37(21-41(38)71(62,63)64)54-55(53-36)39-19-30(69-67-65-60)10-12-32(39)44(58)59)47-49-34-15-24(3)35(16-23(34)2)50-52-42-40(70-68-66-61)18-25-17-28(6-11-31(25)43(42)57)46-45-26-4-8-29(56)9-5-26/h4-21,56-57,60-61H,1-3H3,(H,58,59)(H,62,63,64). The van der Waals surface area contributed by atoms with Gasteiger partial charge in [0, 0.05) is 10.3 Å². The molecule has 0 atom stereocenters. The second-order valence-electron chi connectivity index (χ2n) is 14.9. The molecule has 0 saturated heterocycles. The maximum absolute atomic E-state index is 12.5. The zero-order valence-corrected chi connectivity index (χ0v) is 39.0. The lowest BCUT2D eigenvalue weighted by atomic mass is 10.1. The number of benzene rings is 7. The molecular formula is C44H33N11O13S3. The van der Waals surface area contributed by atoms with Crippen molar-refractivity contribution >= 4 is 107 Å². The van der Waals surface area contributed by atoms with Crippen molar-refractivity contribution in [1.29, 1.82) is 0 Å². The number of phenols is 2. The number of carboxylic acids is 1. The van der Waals surface area contributed by atoms with Gasteiger partial charge in [-0.3, -0.25) is 4.55 Å². The number of fused-ring (bicyclic) bond motifs is 2. The lowest BCUT2D eigenvalue weighted by molar-refractivity contribution is -0.432. The van der Waals surface area contributed by atoms with E-state index in [9.17, 15) is 33.1 Å². The normalized spacial score (nSPS) is 12.3. The Morgan fingerprint density at radius 2 is 1.18 bits per heavy atom. The van der Waals surface area contributed by atoms with E-state index in [0.29, 0.717) is 90.6 Å². The van der Waals surface area contributed by atoms with Crippen molar-refractivity contribution in [3.63, 3.8) is 0 Å². The predicted octanol–water partition coefficient (Wildman–Crippen LogP) is 13.4. The summed E-state index contributed by atoms with van der Waals surface area (Å²) in [7, 11) is -4.88. The fourth-order valence-corrected chi connectivity index (χ4v) is 8.19. The summed E-state index contributed by atoms with van der Waals surface area (Å²) in [5, 5.41) is 99.3. The van der Waals surface area contributed by atoms with Gasteiger partial charge in [0.25, 0.3) is 10.1 Å². The Morgan fingerprint density at radius 1 is 0.606 bits per heavy atom. The Balaban J connectivity index is 1.01. The maximum atomic E-state index is 12.5. The molecule has 7 aromatic carbocycles. The first-order chi connectivity index (χ1) is 34.1. The molecule has 1 aromatic heterocycles. The number of aryl methyl sites for hydroxylation is 3. The molecule has 0 aliphatic carbocycles. The number of hydrogen-bond donors (Lipinski definition) is 6. The summed E-state index contributed by atoms with van der Waals surface area (Å²) in [5.74, 6) is -1.46. The van der Waals surface area contributed by atoms with Gasteiger partial charge in [-0.15, -0.1) is 33.9 Å². The Labute approximate surface area is 408 Å². The molecule has 0 aliphatic rings. The van der Waals surface area contributed by atoms with Crippen LogP contribution in [0.3, 0.4) is 0 Å². The molecule has 71 heavy (non-hydrogen) atoms. The largest absolute Gasteiger partial charge is 0.508 e. The van der Waals surface area contributed by atoms with Crippen LogP contribution < -0.4 is 0 Å². The molecule has 0 amide bonds. The number of carboxylic acid groups (broad SMARTS) is 1. The first-order valence-corrected chi connectivity index (χ1v) is 23.0. The average molecular weight is 1020 g/mol. The van der Waals surface area contributed by atoms with Crippen molar-refractivity contribution in [2.45, 2.75) is 35.5 Å². The third-order valence-electron chi connectivity index (χ3n) is 10.1. The van der Waals surface area contributed by atoms with Gasteiger partial charge < -0.3 is 15.3 Å². The number of rotatable bonds is 17. The first-order valence-electron chi connectivity index (χ1n) is 20.1. The zero-order valence-electron chi connectivity index (χ0n) is 36.6. The maximum Gasteiger partial charge on any atom is 0.337 e. The van der Waals surface area contributed by atoms with Gasteiger partial charge in [0.2, 0.25) is 0 Å². The van der Waals surface area contributed by atoms with Crippen molar-refractivity contribution < 1.29 is 62.3 Å². The lowest BCUT2D eigenvalue weighted by Crippen LogP contribution is -2.08. The number of aromatic carboxylic acids is 1. The molecule has 360 valence electrons. The van der Waals surface area contributed by atoms with E-state index < -0.39 is 21.0 Å². The van der Waals surface area contributed by atoms with E-state index in [2.05, 4.69) is 65.5 Å². The van der Waals surface area contributed by atoms with E-state index >= 15 is 0 Å². The highest BCUT2D eigenvalue weighted by Gasteiger charge is 2.22. The highest BCUT2D eigenvalue weighted by Crippen LogP contribution is 2.45. The van der Waals surface area contributed by atoms with Crippen LogP contribution in [0.1, 0.15) is 27.0 Å². The van der Waals surface area contributed by atoms with Crippen LogP contribution in [0.5, 0.6) is 11.5 Å². The van der Waals surface area contributed by atoms with Crippen molar-refractivity contribution in [2.75, 3.05) is 0 Å². The molecule has 1 heterocycles. The van der Waals surface area contributed by atoms with E-state index in [1.165, 1.54) is 36.4 Å². The van der Waals surface area contributed by atoms with Gasteiger partial charge >= 0.3 is 5.97 Å². The number of hydrogen-bond acceptors (Lipinski definition) is 23. The molecule has 0 aliphatic heterocycles. The summed E-state index contributed by atoms with van der Waals surface area (Å²) in [5.41, 5.74) is 4.14. The zero-order chi connectivity index (χ0) is 50.4. The van der Waals surface area contributed by atoms with E-state index in [-0.39, 0.29) is 50.1 Å². The van der Waals surface area contributed by atoms with E-state index in [4.69, 9.17) is 14.8 Å². The van der Waals surface area contributed by atoms with Gasteiger partial charge in [0.1, 0.15) is 38.7 Å². The molecule has 8 rings (SSSR count). The molecule has 24 nitrogen and oxygen atoms in total. The van der Waals surface area contributed by atoms with Crippen LogP contribution in [-0.2, 0) is 28.9 Å². The van der Waals surface area contributed by atoms with Gasteiger partial charge in [-0.25, -0.2) is 15.3 Å². The van der Waals surface area contributed by atoms with Crippen molar-refractivity contribution in [3.05, 3.63) is 131 Å². The number of aromatic nitrogens is 3. The van der Waals surface area contributed by atoms with E-state index in [0.717, 1.165) is 10.9 Å². The lowest BCUT2D eigenvalue weighted by Gasteiger charge is -2.10.